The fourth-order valence-corrected chi connectivity index (χ4v) is 5.36. The van der Waals surface area contributed by atoms with Crippen LogP contribution in [0.3, 0.4) is 0 Å². The monoisotopic (exact) mass is 350 g/mol. The molecule has 4 aromatic rings. The summed E-state index contributed by atoms with van der Waals surface area (Å²) < 4.78 is 6.43. The Morgan fingerprint density at radius 3 is 2.48 bits per heavy atom. The minimum atomic E-state index is 0.309. The molecule has 0 fully saturated rings. The van der Waals surface area contributed by atoms with Crippen LogP contribution in [-0.4, -0.2) is 13.2 Å². The van der Waals surface area contributed by atoms with Crippen molar-refractivity contribution in [1.82, 2.24) is 0 Å². The highest BCUT2D eigenvalue weighted by molar-refractivity contribution is 6.11. The van der Waals surface area contributed by atoms with Crippen molar-refractivity contribution in [3.8, 4) is 0 Å². The second-order valence-electron chi connectivity index (χ2n) is 7.85. The van der Waals surface area contributed by atoms with Gasteiger partial charge in [-0.2, -0.15) is 0 Å². The maximum atomic E-state index is 6.43. The van der Waals surface area contributed by atoms with Gasteiger partial charge in [0.25, 0.3) is 0 Å². The van der Waals surface area contributed by atoms with Gasteiger partial charge in [0.05, 0.1) is 17.1 Å². The van der Waals surface area contributed by atoms with Gasteiger partial charge in [-0.3, -0.25) is 0 Å². The van der Waals surface area contributed by atoms with Crippen LogP contribution in [0.1, 0.15) is 11.5 Å². The van der Waals surface area contributed by atoms with E-state index < -0.39 is 0 Å². The van der Waals surface area contributed by atoms with Crippen LogP contribution in [0.15, 0.2) is 77.2 Å². The number of hydrogen-bond donors (Lipinski definition) is 0. The molecule has 0 saturated carbocycles. The van der Waals surface area contributed by atoms with Crippen molar-refractivity contribution in [1.29, 1.82) is 0 Å². The molecule has 0 amide bonds. The van der Waals surface area contributed by atoms with Gasteiger partial charge in [-0.25, -0.2) is 0 Å². The Kier molecular flexibility index (Phi) is 2.35. The first-order valence-corrected chi connectivity index (χ1v) is 9.56. The van der Waals surface area contributed by atoms with Gasteiger partial charge in [0.1, 0.15) is 11.7 Å². The van der Waals surface area contributed by atoms with Crippen LogP contribution in [0.25, 0.3) is 21.9 Å². The van der Waals surface area contributed by atoms with Crippen LogP contribution >= 0.6 is 0 Å². The van der Waals surface area contributed by atoms with Crippen LogP contribution in [0.2, 0.25) is 0 Å². The summed E-state index contributed by atoms with van der Waals surface area (Å²) in [4.78, 5) is 4.95. The van der Waals surface area contributed by atoms with E-state index >= 15 is 0 Å². The zero-order valence-electron chi connectivity index (χ0n) is 15.0. The van der Waals surface area contributed by atoms with Crippen LogP contribution < -0.4 is 9.80 Å². The van der Waals surface area contributed by atoms with E-state index in [-0.39, 0.29) is 0 Å². The largest absolute Gasteiger partial charge is 0.454 e. The van der Waals surface area contributed by atoms with E-state index in [9.17, 15) is 0 Å². The van der Waals surface area contributed by atoms with Crippen molar-refractivity contribution in [2.75, 3.05) is 16.8 Å². The molecule has 3 unspecified atom stereocenters. The summed E-state index contributed by atoms with van der Waals surface area (Å²) in [6, 6.07) is 21.6. The minimum Gasteiger partial charge on any atom is -0.454 e. The number of hydrogen-bond acceptors (Lipinski definition) is 3. The number of benzene rings is 3. The third-order valence-corrected chi connectivity index (χ3v) is 6.63. The molecule has 3 nitrogen and oxygen atoms in total. The highest BCUT2D eigenvalue weighted by atomic mass is 16.3. The smallest absolute Gasteiger partial charge is 0.159 e. The number of fused-ring (bicyclic) bond motifs is 12. The lowest BCUT2D eigenvalue weighted by Gasteiger charge is -2.48. The number of nitrogens with zero attached hydrogens (tertiary/aromatic N) is 2. The summed E-state index contributed by atoms with van der Waals surface area (Å²) in [5.74, 6) is 0.979. The van der Waals surface area contributed by atoms with Gasteiger partial charge in [0.2, 0.25) is 0 Å². The second kappa shape index (κ2) is 4.55. The van der Waals surface area contributed by atoms with E-state index in [2.05, 4.69) is 83.6 Å². The topological polar surface area (TPSA) is 19.6 Å². The van der Waals surface area contributed by atoms with Gasteiger partial charge < -0.3 is 14.2 Å². The van der Waals surface area contributed by atoms with Gasteiger partial charge in [0.15, 0.2) is 5.58 Å². The summed E-state index contributed by atoms with van der Waals surface area (Å²) in [5, 5.41) is 2.40. The molecule has 7 rings (SSSR count). The Hall–Kier alpha value is -3.20. The quantitative estimate of drug-likeness (QED) is 0.375. The molecule has 1 aromatic heterocycles. The maximum Gasteiger partial charge on any atom is 0.159 e. The summed E-state index contributed by atoms with van der Waals surface area (Å²) in [7, 11) is 2.22. The molecule has 3 aliphatic rings. The predicted molar refractivity (Wildman–Crippen MR) is 110 cm³/mol. The predicted octanol–water partition coefficient (Wildman–Crippen LogP) is 5.78. The normalized spacial score (nSPS) is 24.6. The lowest BCUT2D eigenvalue weighted by atomic mass is 9.71. The van der Waals surface area contributed by atoms with Crippen molar-refractivity contribution < 1.29 is 4.42 Å². The van der Waals surface area contributed by atoms with Gasteiger partial charge in [-0.15, -0.1) is 0 Å². The minimum absolute atomic E-state index is 0.309. The van der Waals surface area contributed by atoms with E-state index in [4.69, 9.17) is 4.42 Å². The molecule has 0 radical (unpaired) electrons. The van der Waals surface area contributed by atoms with E-state index in [1.54, 1.807) is 0 Å². The van der Waals surface area contributed by atoms with Crippen molar-refractivity contribution in [3.63, 3.8) is 0 Å². The highest BCUT2D eigenvalue weighted by Gasteiger charge is 2.50. The van der Waals surface area contributed by atoms with Gasteiger partial charge in [-0.05, 0) is 23.8 Å². The first-order chi connectivity index (χ1) is 13.3. The van der Waals surface area contributed by atoms with Crippen molar-refractivity contribution in [2.45, 2.75) is 12.1 Å². The summed E-state index contributed by atoms with van der Waals surface area (Å²) in [6.07, 6.45) is 5.03. The Morgan fingerprint density at radius 2 is 1.63 bits per heavy atom. The van der Waals surface area contributed by atoms with Gasteiger partial charge in [0, 0.05) is 29.7 Å². The molecule has 27 heavy (non-hydrogen) atoms. The average Bonchev–Trinajstić information content (AvgIpc) is 3.18. The Morgan fingerprint density at radius 1 is 0.815 bits per heavy atom. The third kappa shape index (κ3) is 1.51. The molecule has 1 aliphatic carbocycles. The first kappa shape index (κ1) is 13.9. The zero-order chi connectivity index (χ0) is 17.7. The molecule has 2 aliphatic heterocycles. The molecule has 0 saturated heterocycles. The molecule has 0 spiro atoms. The maximum absolute atomic E-state index is 6.43. The lowest BCUT2D eigenvalue weighted by Crippen LogP contribution is -2.51. The molecule has 3 atom stereocenters. The number of para-hydroxylation sites is 3. The molecule has 130 valence electrons. The third-order valence-electron chi connectivity index (χ3n) is 6.63. The molecule has 0 bridgehead atoms. The number of allylic oxidation sites excluding steroid dienone is 1. The number of anilines is 3. The summed E-state index contributed by atoms with van der Waals surface area (Å²) >= 11 is 0. The Balaban J connectivity index is 1.62. The molecule has 3 heterocycles. The standard InChI is InChI=1S/C24H18N2O/c1-25-19-7-3-4-8-20(19)26-22-16(14-10-13-18(14)24(25)26)11-12-17-15-6-2-5-9-21(15)27-23(17)22/h2-14,18,24H,1H3. The van der Waals surface area contributed by atoms with Crippen molar-refractivity contribution in [2.24, 2.45) is 5.92 Å². The summed E-state index contributed by atoms with van der Waals surface area (Å²) in [5.41, 5.74) is 7.18. The van der Waals surface area contributed by atoms with E-state index in [0.29, 0.717) is 18.0 Å². The van der Waals surface area contributed by atoms with Gasteiger partial charge >= 0.3 is 0 Å². The molecular weight excluding hydrogens is 332 g/mol. The number of rotatable bonds is 0. The van der Waals surface area contributed by atoms with Crippen LogP contribution in [0.4, 0.5) is 17.1 Å². The Labute approximate surface area is 157 Å². The SMILES string of the molecule is CN1c2ccccc2N2c3c(ccc4c3oc3ccccc34)C3C=CC3C12. The molecule has 3 heteroatoms. The molecular formula is C24H18N2O. The van der Waals surface area contributed by atoms with Crippen molar-refractivity contribution >= 4 is 39.0 Å². The second-order valence-corrected chi connectivity index (χ2v) is 7.85. The van der Waals surface area contributed by atoms with Crippen LogP contribution in [0, 0.1) is 5.92 Å². The zero-order valence-corrected chi connectivity index (χ0v) is 15.0. The first-order valence-electron chi connectivity index (χ1n) is 9.56. The van der Waals surface area contributed by atoms with Crippen molar-refractivity contribution in [3.05, 3.63) is 78.4 Å². The fraction of sp³-hybridized carbons (Fsp3) is 0.167. The summed E-state index contributed by atoms with van der Waals surface area (Å²) in [6.45, 7) is 0. The van der Waals surface area contributed by atoms with E-state index in [1.807, 2.05) is 6.07 Å². The van der Waals surface area contributed by atoms with E-state index in [1.165, 1.54) is 33.4 Å². The van der Waals surface area contributed by atoms with E-state index in [0.717, 1.165) is 11.2 Å². The average molecular weight is 350 g/mol. The van der Waals surface area contributed by atoms with Crippen LogP contribution in [-0.2, 0) is 0 Å². The number of furan rings is 1. The molecule has 0 N–H and O–H groups in total. The lowest BCUT2D eigenvalue weighted by molar-refractivity contribution is 0.409. The van der Waals surface area contributed by atoms with Crippen LogP contribution in [0.5, 0.6) is 0 Å². The van der Waals surface area contributed by atoms with Gasteiger partial charge in [-0.1, -0.05) is 54.6 Å². The fourth-order valence-electron chi connectivity index (χ4n) is 5.36. The molecule has 3 aromatic carbocycles. The highest BCUT2D eigenvalue weighted by Crippen LogP contribution is 2.58. The Bertz CT molecular complexity index is 1280.